The van der Waals surface area contributed by atoms with Crippen LogP contribution in [-0.2, 0) is 67.3 Å². The van der Waals surface area contributed by atoms with E-state index in [1.165, 1.54) is 13.0 Å². The van der Waals surface area contributed by atoms with Gasteiger partial charge in [-0.25, -0.2) is 9.59 Å². The van der Waals surface area contributed by atoms with Crippen LogP contribution in [0.25, 0.3) is 11.1 Å². The van der Waals surface area contributed by atoms with E-state index in [1.54, 1.807) is 0 Å². The maximum atomic E-state index is 13.5. The summed E-state index contributed by atoms with van der Waals surface area (Å²) in [6, 6.07) is 43.5. The summed E-state index contributed by atoms with van der Waals surface area (Å²) in [5, 5.41) is 2.65. The molecule has 12 heteroatoms. The van der Waals surface area contributed by atoms with E-state index in [0.29, 0.717) is 0 Å². The molecule has 0 aromatic heterocycles. The quantitative estimate of drug-likeness (QED) is 0.0470. The van der Waals surface area contributed by atoms with Crippen molar-refractivity contribution < 1.29 is 52.3 Å². The van der Waals surface area contributed by atoms with E-state index >= 15 is 0 Å². The number of ether oxygens (including phenoxy) is 8. The monoisotopic (exact) mass is 841 g/mol. The van der Waals surface area contributed by atoms with Crippen LogP contribution in [0.15, 0.2) is 152 Å². The third kappa shape index (κ3) is 11.6. The second-order valence-corrected chi connectivity index (χ2v) is 14.9. The van der Waals surface area contributed by atoms with Crippen LogP contribution in [0.2, 0.25) is 0 Å². The second-order valence-electron chi connectivity index (χ2n) is 14.9. The zero-order valence-electron chi connectivity index (χ0n) is 34.5. The fourth-order valence-corrected chi connectivity index (χ4v) is 7.60. The van der Waals surface area contributed by atoms with Crippen molar-refractivity contribution in [2.45, 2.75) is 69.4 Å². The average molecular weight is 842 g/mol. The molecule has 2 aliphatic rings. The van der Waals surface area contributed by atoms with Gasteiger partial charge in [0, 0.05) is 12.8 Å². The molecule has 0 spiro atoms. The van der Waals surface area contributed by atoms with Gasteiger partial charge in [-0.15, -0.1) is 0 Å². The first-order valence-electron chi connectivity index (χ1n) is 20.6. The first kappa shape index (κ1) is 43.9. The van der Waals surface area contributed by atoms with Crippen molar-refractivity contribution in [3.63, 3.8) is 0 Å². The lowest BCUT2D eigenvalue weighted by atomic mass is 9.97. The van der Waals surface area contributed by atoms with Crippen LogP contribution in [0, 0.1) is 0 Å². The Hall–Kier alpha value is -6.15. The molecule has 322 valence electrons. The van der Waals surface area contributed by atoms with Crippen LogP contribution in [-0.4, -0.2) is 81.2 Å². The highest BCUT2D eigenvalue weighted by Gasteiger charge is 2.50. The fourth-order valence-electron chi connectivity index (χ4n) is 7.60. The highest BCUT2D eigenvalue weighted by molar-refractivity contribution is 5.82. The molecule has 1 fully saturated rings. The largest absolute Gasteiger partial charge is 0.463 e. The molecule has 7 rings (SSSR count). The van der Waals surface area contributed by atoms with Gasteiger partial charge in [-0.3, -0.25) is 4.79 Å². The number of nitrogens with one attached hydrogen (secondary N) is 1. The van der Waals surface area contributed by atoms with E-state index in [-0.39, 0.29) is 45.6 Å². The topological polar surface area (TPSA) is 137 Å². The lowest BCUT2D eigenvalue weighted by Crippen LogP contribution is -2.62. The maximum absolute atomic E-state index is 13.5. The Morgan fingerprint density at radius 1 is 0.613 bits per heavy atom. The molecule has 1 saturated heterocycles. The van der Waals surface area contributed by atoms with Gasteiger partial charge in [0.2, 0.25) is 0 Å². The average Bonchev–Trinajstić information content (AvgIpc) is 3.63. The molecule has 1 amide bonds. The molecule has 1 N–H and O–H groups in total. The van der Waals surface area contributed by atoms with Crippen molar-refractivity contribution in [2.75, 3.05) is 26.4 Å². The van der Waals surface area contributed by atoms with Gasteiger partial charge in [-0.05, 0) is 38.9 Å². The lowest BCUT2D eigenvalue weighted by molar-refractivity contribution is -0.327. The molecule has 12 nitrogen and oxygen atoms in total. The van der Waals surface area contributed by atoms with Crippen LogP contribution in [0.4, 0.5) is 4.79 Å². The summed E-state index contributed by atoms with van der Waals surface area (Å²) in [5.41, 5.74) is 6.93. The molecule has 0 saturated carbocycles. The number of rotatable bonds is 20. The number of fused-ring (bicyclic) bond motifs is 3. The standard InChI is InChI=1S/C50H51NO11/c1-3-27-55-48(53)43(51-50(54)61-31-42-40-25-15-13-23-38(40)39-24-14-16-26-41(39)42)32-60-49-47(59-30-37-21-11-6-12-22-37)46(58-29-36-19-9-5-10-20-36)45(44(62-49)33-56-34(2)52)57-28-35-17-7-4-8-18-35/h3-26,42-47,49H,1,27-33H2,2H3,(H,51,54)/t43-,44+,45-,46-,47+,49-/m0/s1. The van der Waals surface area contributed by atoms with Crippen molar-refractivity contribution in [1.29, 1.82) is 0 Å². The number of hydrogen-bond acceptors (Lipinski definition) is 11. The summed E-state index contributed by atoms with van der Waals surface area (Å²) in [5.74, 6) is -1.50. The van der Waals surface area contributed by atoms with Crippen LogP contribution in [0.5, 0.6) is 0 Å². The van der Waals surface area contributed by atoms with Gasteiger partial charge in [-0.1, -0.05) is 152 Å². The molecule has 0 radical (unpaired) electrons. The number of carbonyl (C=O) groups is 3. The van der Waals surface area contributed by atoms with Gasteiger partial charge in [0.1, 0.15) is 44.2 Å². The Morgan fingerprint density at radius 3 is 1.65 bits per heavy atom. The highest BCUT2D eigenvalue weighted by atomic mass is 16.7. The molecule has 62 heavy (non-hydrogen) atoms. The normalized spacial score (nSPS) is 19.7. The van der Waals surface area contributed by atoms with Crippen LogP contribution in [0.1, 0.15) is 40.7 Å². The first-order chi connectivity index (χ1) is 30.4. The predicted octanol–water partition coefficient (Wildman–Crippen LogP) is 7.68. The summed E-state index contributed by atoms with van der Waals surface area (Å²) in [6.45, 7) is 4.76. The Kier molecular flexibility index (Phi) is 15.7. The van der Waals surface area contributed by atoms with E-state index in [9.17, 15) is 14.4 Å². The number of alkyl carbamates (subject to hydrolysis) is 1. The van der Waals surface area contributed by atoms with E-state index in [2.05, 4.69) is 11.9 Å². The minimum Gasteiger partial charge on any atom is -0.463 e. The Morgan fingerprint density at radius 2 is 1.11 bits per heavy atom. The summed E-state index contributed by atoms with van der Waals surface area (Å²) in [4.78, 5) is 39.3. The summed E-state index contributed by atoms with van der Waals surface area (Å²) in [7, 11) is 0. The first-order valence-corrected chi connectivity index (χ1v) is 20.6. The molecule has 6 atom stereocenters. The van der Waals surface area contributed by atoms with Gasteiger partial charge in [0.15, 0.2) is 12.3 Å². The van der Waals surface area contributed by atoms with Gasteiger partial charge in [0.25, 0.3) is 0 Å². The van der Waals surface area contributed by atoms with Gasteiger partial charge in [-0.2, -0.15) is 0 Å². The van der Waals surface area contributed by atoms with E-state index in [1.807, 2.05) is 140 Å². The molecule has 0 unspecified atom stereocenters. The summed E-state index contributed by atoms with van der Waals surface area (Å²) in [6.07, 6.45) is -4.21. The van der Waals surface area contributed by atoms with Crippen molar-refractivity contribution in [3.8, 4) is 11.1 Å². The fraction of sp³-hybridized carbons (Fsp3) is 0.300. The molecule has 5 aromatic carbocycles. The van der Waals surface area contributed by atoms with E-state index < -0.39 is 61.4 Å². The van der Waals surface area contributed by atoms with E-state index in [4.69, 9.17) is 37.9 Å². The Bertz CT molecular complexity index is 2170. The zero-order chi connectivity index (χ0) is 43.1. The van der Waals surface area contributed by atoms with Crippen LogP contribution < -0.4 is 5.32 Å². The van der Waals surface area contributed by atoms with Crippen molar-refractivity contribution >= 4 is 18.0 Å². The summed E-state index contributed by atoms with van der Waals surface area (Å²) >= 11 is 0. The maximum Gasteiger partial charge on any atom is 0.407 e. The minimum absolute atomic E-state index is 0.0267. The third-order valence-corrected chi connectivity index (χ3v) is 10.6. The number of hydrogen-bond donors (Lipinski definition) is 1. The van der Waals surface area contributed by atoms with Crippen LogP contribution in [0.3, 0.4) is 0 Å². The summed E-state index contributed by atoms with van der Waals surface area (Å²) < 4.78 is 49.6. The molecular formula is C50H51NO11. The molecule has 1 heterocycles. The number of benzene rings is 5. The van der Waals surface area contributed by atoms with Crippen molar-refractivity contribution in [2.24, 2.45) is 0 Å². The Balaban J connectivity index is 1.14. The SMILES string of the molecule is C=CCOC(=O)[C@H](CO[C@H]1O[C@H](COC(C)=O)[C@H](OCc2ccccc2)[C@H](OCc2ccccc2)[C@H]1OCc1ccccc1)NC(=O)OCC1c2ccccc2-c2ccccc21. The third-order valence-electron chi connectivity index (χ3n) is 10.6. The molecule has 1 aliphatic heterocycles. The van der Waals surface area contributed by atoms with Crippen molar-refractivity contribution in [1.82, 2.24) is 5.32 Å². The van der Waals surface area contributed by atoms with Crippen LogP contribution >= 0.6 is 0 Å². The van der Waals surface area contributed by atoms with Gasteiger partial charge in [0.05, 0.1) is 26.4 Å². The highest BCUT2D eigenvalue weighted by Crippen LogP contribution is 2.44. The number of carbonyl (C=O) groups excluding carboxylic acids is 3. The molecule has 0 bridgehead atoms. The second kappa shape index (κ2) is 22.1. The van der Waals surface area contributed by atoms with Gasteiger partial charge >= 0.3 is 18.0 Å². The predicted molar refractivity (Wildman–Crippen MR) is 229 cm³/mol. The molecule has 1 aliphatic carbocycles. The number of esters is 2. The lowest BCUT2D eigenvalue weighted by Gasteiger charge is -2.45. The number of amides is 1. The smallest absolute Gasteiger partial charge is 0.407 e. The Labute approximate surface area is 361 Å². The van der Waals surface area contributed by atoms with E-state index in [0.717, 1.165) is 38.9 Å². The zero-order valence-corrected chi connectivity index (χ0v) is 34.5. The van der Waals surface area contributed by atoms with Crippen molar-refractivity contribution in [3.05, 3.63) is 180 Å². The van der Waals surface area contributed by atoms with Gasteiger partial charge < -0.3 is 43.2 Å². The minimum atomic E-state index is -1.34. The molecular weight excluding hydrogens is 791 g/mol. The molecule has 5 aromatic rings.